The number of rotatable bonds is 14. The molecule has 3 aromatic carbocycles. The Labute approximate surface area is 234 Å². The number of carbonyl (C=O) groups is 3. The van der Waals surface area contributed by atoms with Crippen molar-refractivity contribution < 1.29 is 38.1 Å². The van der Waals surface area contributed by atoms with Gasteiger partial charge in [0.05, 0.1) is 24.3 Å². The fraction of sp³-hybridized carbons (Fsp3) is 0.219. The van der Waals surface area contributed by atoms with Crippen LogP contribution in [0.5, 0.6) is 23.0 Å². The van der Waals surface area contributed by atoms with Gasteiger partial charge in [-0.15, -0.1) is 0 Å². The van der Waals surface area contributed by atoms with Crippen LogP contribution < -0.4 is 18.9 Å². The van der Waals surface area contributed by atoms with Gasteiger partial charge in [-0.05, 0) is 85.6 Å². The van der Waals surface area contributed by atoms with Gasteiger partial charge in [0.25, 0.3) is 0 Å². The molecular weight excluding hydrogens is 512 g/mol. The average molecular weight is 547 g/mol. The highest BCUT2D eigenvalue weighted by atomic mass is 16.5. The highest BCUT2D eigenvalue weighted by Crippen LogP contribution is 2.21. The highest BCUT2D eigenvalue weighted by molar-refractivity contribution is 5.92. The summed E-state index contributed by atoms with van der Waals surface area (Å²) in [4.78, 5) is 35.8. The first-order valence-corrected chi connectivity index (χ1v) is 12.9. The molecule has 3 aromatic rings. The first kappa shape index (κ1) is 31.4. The summed E-state index contributed by atoms with van der Waals surface area (Å²) in [6.07, 6.45) is 4.13. The Morgan fingerprint density at radius 1 is 0.625 bits per heavy atom. The maximum absolute atomic E-state index is 12.5. The minimum absolute atomic E-state index is 0.302. The third-order valence-corrected chi connectivity index (χ3v) is 5.01. The lowest BCUT2D eigenvalue weighted by molar-refractivity contribution is -0.137. The van der Waals surface area contributed by atoms with E-state index in [1.54, 1.807) is 54.6 Å². The summed E-state index contributed by atoms with van der Waals surface area (Å²) in [6, 6.07) is 19.3. The molecular formula is C32H34O8. The summed E-state index contributed by atoms with van der Waals surface area (Å²) in [5.74, 6) is 0.330. The largest absolute Gasteiger partial charge is 0.494 e. The van der Waals surface area contributed by atoms with Crippen LogP contribution in [0, 0.1) is 0 Å². The molecule has 3 rings (SSSR count). The Kier molecular flexibility index (Phi) is 13.8. The van der Waals surface area contributed by atoms with Gasteiger partial charge in [0.2, 0.25) is 0 Å². The summed E-state index contributed by atoms with van der Waals surface area (Å²) in [5, 5.41) is 0. The molecule has 0 spiro atoms. The maximum atomic E-state index is 12.5. The lowest BCUT2D eigenvalue weighted by atomic mass is 10.2. The van der Waals surface area contributed by atoms with Crippen LogP contribution in [0.1, 0.15) is 47.4 Å². The number of hydrogen-bond acceptors (Lipinski definition) is 8. The molecule has 0 N–H and O–H groups in total. The van der Waals surface area contributed by atoms with Crippen LogP contribution in [-0.2, 0) is 9.53 Å². The Morgan fingerprint density at radius 3 is 1.50 bits per heavy atom. The third-order valence-electron chi connectivity index (χ3n) is 5.01. The van der Waals surface area contributed by atoms with E-state index in [0.29, 0.717) is 66.8 Å². The molecule has 0 aliphatic rings. The molecule has 0 aromatic heterocycles. The van der Waals surface area contributed by atoms with Crippen LogP contribution in [0.25, 0.3) is 0 Å². The van der Waals surface area contributed by atoms with Crippen LogP contribution in [0.2, 0.25) is 0 Å². The molecule has 0 saturated carbocycles. The summed E-state index contributed by atoms with van der Waals surface area (Å²) >= 11 is 0. The van der Waals surface area contributed by atoms with Crippen LogP contribution in [0.4, 0.5) is 0 Å². The van der Waals surface area contributed by atoms with Gasteiger partial charge in [0, 0.05) is 6.08 Å². The van der Waals surface area contributed by atoms with E-state index in [1.807, 2.05) is 13.8 Å². The van der Waals surface area contributed by atoms with Crippen molar-refractivity contribution in [1.29, 1.82) is 0 Å². The molecule has 0 radical (unpaired) electrons. The van der Waals surface area contributed by atoms with Crippen molar-refractivity contribution in [1.82, 2.24) is 0 Å². The molecule has 210 valence electrons. The molecule has 0 fully saturated rings. The first-order chi connectivity index (χ1) is 19.5. The van der Waals surface area contributed by atoms with Crippen molar-refractivity contribution in [2.24, 2.45) is 0 Å². The van der Waals surface area contributed by atoms with Gasteiger partial charge in [-0.3, -0.25) is 0 Å². The summed E-state index contributed by atoms with van der Waals surface area (Å²) < 4.78 is 26.7. The predicted molar refractivity (Wildman–Crippen MR) is 152 cm³/mol. The molecule has 0 aliphatic heterocycles. The van der Waals surface area contributed by atoms with Gasteiger partial charge >= 0.3 is 17.9 Å². The van der Waals surface area contributed by atoms with Crippen molar-refractivity contribution in [3.8, 4) is 23.0 Å². The molecule has 8 heteroatoms. The fourth-order valence-electron chi connectivity index (χ4n) is 3.06. The van der Waals surface area contributed by atoms with Crippen molar-refractivity contribution in [3.63, 3.8) is 0 Å². The second-order valence-electron chi connectivity index (χ2n) is 7.83. The van der Waals surface area contributed by atoms with E-state index in [9.17, 15) is 14.4 Å². The second-order valence-corrected chi connectivity index (χ2v) is 7.83. The van der Waals surface area contributed by atoms with E-state index < -0.39 is 17.9 Å². The van der Waals surface area contributed by atoms with Gasteiger partial charge in [0.15, 0.2) is 0 Å². The number of benzene rings is 3. The smallest absolute Gasteiger partial charge is 0.343 e. The molecule has 8 nitrogen and oxygen atoms in total. The number of hydrogen-bond donors (Lipinski definition) is 0. The van der Waals surface area contributed by atoms with Crippen LogP contribution in [0.3, 0.4) is 0 Å². The number of carbonyl (C=O) groups excluding carboxylic acids is 3. The van der Waals surface area contributed by atoms with E-state index in [2.05, 4.69) is 13.2 Å². The monoisotopic (exact) mass is 546 g/mol. The number of ether oxygens (including phenoxy) is 5. The van der Waals surface area contributed by atoms with E-state index in [1.165, 1.54) is 24.3 Å². The molecule has 0 saturated heterocycles. The molecule has 40 heavy (non-hydrogen) atoms. The minimum atomic E-state index is -0.538. The minimum Gasteiger partial charge on any atom is -0.494 e. The molecule has 0 atom stereocenters. The SMILES string of the molecule is C=CCOc1ccc(C(=O)Oc2ccc(OC(=O)c3ccc(OCCCCOC(=O)C=C)cc3)cc2)cc1.CC. The van der Waals surface area contributed by atoms with Crippen molar-refractivity contribution in [2.75, 3.05) is 19.8 Å². The molecule has 0 unspecified atom stereocenters. The number of unbranched alkanes of at least 4 members (excludes halogenated alkanes) is 1. The van der Waals surface area contributed by atoms with Crippen LogP contribution >= 0.6 is 0 Å². The van der Waals surface area contributed by atoms with Crippen molar-refractivity contribution >= 4 is 17.9 Å². The van der Waals surface area contributed by atoms with Crippen molar-refractivity contribution in [2.45, 2.75) is 26.7 Å². The van der Waals surface area contributed by atoms with Crippen molar-refractivity contribution in [3.05, 3.63) is 109 Å². The molecule has 0 amide bonds. The van der Waals surface area contributed by atoms with Gasteiger partial charge in [0.1, 0.15) is 29.6 Å². The van der Waals surface area contributed by atoms with E-state index >= 15 is 0 Å². The summed E-state index contributed by atoms with van der Waals surface area (Å²) in [5.41, 5.74) is 0.720. The van der Waals surface area contributed by atoms with Gasteiger partial charge < -0.3 is 23.7 Å². The number of esters is 3. The van der Waals surface area contributed by atoms with E-state index in [-0.39, 0.29) is 0 Å². The van der Waals surface area contributed by atoms with Crippen LogP contribution in [0.15, 0.2) is 98.1 Å². The first-order valence-electron chi connectivity index (χ1n) is 12.9. The maximum Gasteiger partial charge on any atom is 0.343 e. The Balaban J connectivity index is 0.00000274. The second kappa shape index (κ2) is 17.6. The topological polar surface area (TPSA) is 97.4 Å². The normalized spacial score (nSPS) is 9.75. The summed E-state index contributed by atoms with van der Waals surface area (Å²) in [7, 11) is 0. The Bertz CT molecular complexity index is 1230. The van der Waals surface area contributed by atoms with Gasteiger partial charge in [-0.2, -0.15) is 0 Å². The lowest BCUT2D eigenvalue weighted by Gasteiger charge is -2.09. The van der Waals surface area contributed by atoms with Gasteiger partial charge in [-0.1, -0.05) is 33.1 Å². The zero-order valence-electron chi connectivity index (χ0n) is 22.8. The molecule has 0 bridgehead atoms. The van der Waals surface area contributed by atoms with Crippen LogP contribution in [-0.4, -0.2) is 37.7 Å². The zero-order chi connectivity index (χ0) is 29.2. The van der Waals surface area contributed by atoms with E-state index in [0.717, 1.165) is 6.08 Å². The third kappa shape index (κ3) is 10.9. The molecule has 0 heterocycles. The lowest BCUT2D eigenvalue weighted by Crippen LogP contribution is -2.10. The molecule has 0 aliphatic carbocycles. The highest BCUT2D eigenvalue weighted by Gasteiger charge is 2.12. The Hall–Kier alpha value is -4.85. The predicted octanol–water partition coefficient (Wildman–Crippen LogP) is 6.60. The standard InChI is InChI=1S/C30H28O8.C2H6/c1-3-19-34-24-11-7-22(8-12-24)29(32)37-26-15-17-27(18-16-26)38-30(33)23-9-13-25(14-10-23)35-20-5-6-21-36-28(31)4-2;1-2/h3-4,7-18H,1-2,5-6,19-21H2;1-2H3. The summed E-state index contributed by atoms with van der Waals surface area (Å²) in [6.45, 7) is 12.1. The average Bonchev–Trinajstić information content (AvgIpc) is 3.00. The van der Waals surface area contributed by atoms with E-state index in [4.69, 9.17) is 23.7 Å². The Morgan fingerprint density at radius 2 is 1.05 bits per heavy atom. The zero-order valence-corrected chi connectivity index (χ0v) is 22.8. The fourth-order valence-corrected chi connectivity index (χ4v) is 3.06. The quantitative estimate of drug-likeness (QED) is 0.0733. The van der Waals surface area contributed by atoms with Gasteiger partial charge in [-0.25, -0.2) is 14.4 Å².